The number of methoxy groups -OCH3 is 1. The van der Waals surface area contributed by atoms with E-state index in [1.807, 2.05) is 30.8 Å². The summed E-state index contributed by atoms with van der Waals surface area (Å²) in [6, 6.07) is 3.88. The highest BCUT2D eigenvalue weighted by Gasteiger charge is 2.32. The molecule has 0 saturated carbocycles. The molecule has 1 N–H and O–H groups in total. The SMILES string of the molecule is CCCNC(C)(CCCSCc1ccco1)C(=O)OC. The van der Waals surface area contributed by atoms with Crippen molar-refractivity contribution in [2.75, 3.05) is 19.4 Å². The van der Waals surface area contributed by atoms with Gasteiger partial charge in [0.25, 0.3) is 0 Å². The number of esters is 1. The molecule has 1 rings (SSSR count). The summed E-state index contributed by atoms with van der Waals surface area (Å²) in [5, 5.41) is 3.30. The Morgan fingerprint density at radius 2 is 2.35 bits per heavy atom. The molecule has 1 heterocycles. The Morgan fingerprint density at radius 1 is 1.55 bits per heavy atom. The fourth-order valence-electron chi connectivity index (χ4n) is 1.98. The zero-order chi connectivity index (χ0) is 14.8. The molecule has 1 atom stereocenters. The predicted octanol–water partition coefficient (Wildman–Crippen LogP) is 3.22. The summed E-state index contributed by atoms with van der Waals surface area (Å²) in [7, 11) is 1.44. The summed E-state index contributed by atoms with van der Waals surface area (Å²) >= 11 is 1.82. The second kappa shape index (κ2) is 9.08. The monoisotopic (exact) mass is 299 g/mol. The highest BCUT2D eigenvalue weighted by molar-refractivity contribution is 7.98. The summed E-state index contributed by atoms with van der Waals surface area (Å²) in [5.74, 6) is 2.70. The normalized spacial score (nSPS) is 13.9. The van der Waals surface area contributed by atoms with Gasteiger partial charge in [0.05, 0.1) is 19.1 Å². The minimum Gasteiger partial charge on any atom is -0.468 e. The number of carbonyl (C=O) groups excluding carboxylic acids is 1. The van der Waals surface area contributed by atoms with Gasteiger partial charge in [-0.25, -0.2) is 0 Å². The lowest BCUT2D eigenvalue weighted by Crippen LogP contribution is -2.50. The molecule has 0 amide bonds. The van der Waals surface area contributed by atoms with Crippen molar-refractivity contribution in [1.82, 2.24) is 5.32 Å². The van der Waals surface area contributed by atoms with E-state index in [1.165, 1.54) is 7.11 Å². The first-order chi connectivity index (χ1) is 9.62. The van der Waals surface area contributed by atoms with E-state index in [0.717, 1.165) is 43.1 Å². The smallest absolute Gasteiger partial charge is 0.325 e. The Balaban J connectivity index is 2.29. The summed E-state index contributed by atoms with van der Waals surface area (Å²) in [5.41, 5.74) is -0.573. The third kappa shape index (κ3) is 5.59. The van der Waals surface area contributed by atoms with Gasteiger partial charge in [0.1, 0.15) is 11.3 Å². The fraction of sp³-hybridized carbons (Fsp3) is 0.667. The number of thioether (sulfide) groups is 1. The molecule has 0 fully saturated rings. The maximum atomic E-state index is 11.9. The van der Waals surface area contributed by atoms with Gasteiger partial charge in [-0.15, -0.1) is 0 Å². The molecule has 1 aromatic heterocycles. The number of carbonyl (C=O) groups is 1. The molecular weight excluding hydrogens is 274 g/mol. The molecule has 0 bridgehead atoms. The number of hydrogen-bond donors (Lipinski definition) is 1. The van der Waals surface area contributed by atoms with E-state index in [4.69, 9.17) is 9.15 Å². The number of nitrogens with one attached hydrogen (secondary N) is 1. The third-order valence-electron chi connectivity index (χ3n) is 3.19. The van der Waals surface area contributed by atoms with E-state index < -0.39 is 5.54 Å². The van der Waals surface area contributed by atoms with Crippen LogP contribution in [0.3, 0.4) is 0 Å². The number of hydrogen-bond acceptors (Lipinski definition) is 5. The van der Waals surface area contributed by atoms with Crippen molar-refractivity contribution in [3.63, 3.8) is 0 Å². The summed E-state index contributed by atoms with van der Waals surface area (Å²) in [4.78, 5) is 11.9. The van der Waals surface area contributed by atoms with Gasteiger partial charge in [-0.2, -0.15) is 11.8 Å². The Morgan fingerprint density at radius 3 is 2.95 bits per heavy atom. The highest BCUT2D eigenvalue weighted by Crippen LogP contribution is 2.19. The van der Waals surface area contributed by atoms with Gasteiger partial charge in [-0.05, 0) is 50.6 Å². The van der Waals surface area contributed by atoms with Crippen molar-refractivity contribution in [3.8, 4) is 0 Å². The quantitative estimate of drug-likeness (QED) is 0.531. The highest BCUT2D eigenvalue weighted by atomic mass is 32.2. The predicted molar refractivity (Wildman–Crippen MR) is 82.8 cm³/mol. The average molecular weight is 299 g/mol. The Bertz CT molecular complexity index is 380. The van der Waals surface area contributed by atoms with Crippen molar-refractivity contribution < 1.29 is 13.9 Å². The number of ether oxygens (including phenoxy) is 1. The van der Waals surface area contributed by atoms with Crippen LogP contribution in [0, 0.1) is 0 Å². The van der Waals surface area contributed by atoms with E-state index >= 15 is 0 Å². The van der Waals surface area contributed by atoms with E-state index in [0.29, 0.717) is 0 Å². The van der Waals surface area contributed by atoms with Gasteiger partial charge in [0.2, 0.25) is 0 Å². The van der Waals surface area contributed by atoms with Crippen LogP contribution in [-0.2, 0) is 15.3 Å². The summed E-state index contributed by atoms with van der Waals surface area (Å²) < 4.78 is 10.2. The van der Waals surface area contributed by atoms with Gasteiger partial charge in [-0.3, -0.25) is 4.79 Å². The standard InChI is InChI=1S/C15H25NO3S/c1-4-9-16-15(2,14(17)18-3)8-6-11-20-12-13-7-5-10-19-13/h5,7,10,16H,4,6,8-9,11-12H2,1-3H3. The van der Waals surface area contributed by atoms with E-state index in [9.17, 15) is 4.79 Å². The Hall–Kier alpha value is -0.940. The minimum atomic E-state index is -0.573. The zero-order valence-corrected chi connectivity index (χ0v) is 13.4. The molecule has 0 aliphatic heterocycles. The van der Waals surface area contributed by atoms with Crippen LogP contribution in [0.4, 0.5) is 0 Å². The second-order valence-electron chi connectivity index (χ2n) is 4.99. The van der Waals surface area contributed by atoms with Crippen molar-refractivity contribution in [1.29, 1.82) is 0 Å². The van der Waals surface area contributed by atoms with Crippen LogP contribution in [0.15, 0.2) is 22.8 Å². The lowest BCUT2D eigenvalue weighted by molar-refractivity contribution is -0.148. The maximum Gasteiger partial charge on any atom is 0.325 e. The van der Waals surface area contributed by atoms with E-state index in [1.54, 1.807) is 6.26 Å². The Kier molecular flexibility index (Phi) is 7.77. The van der Waals surface area contributed by atoms with Gasteiger partial charge >= 0.3 is 5.97 Å². The molecule has 0 saturated heterocycles. The first-order valence-electron chi connectivity index (χ1n) is 7.06. The Labute approximate surface area is 125 Å². The largest absolute Gasteiger partial charge is 0.468 e. The van der Waals surface area contributed by atoms with Crippen LogP contribution in [0.1, 0.15) is 38.9 Å². The van der Waals surface area contributed by atoms with Crippen molar-refractivity contribution >= 4 is 17.7 Å². The van der Waals surface area contributed by atoms with Gasteiger partial charge in [-0.1, -0.05) is 6.92 Å². The third-order valence-corrected chi connectivity index (χ3v) is 4.26. The van der Waals surface area contributed by atoms with E-state index in [2.05, 4.69) is 12.2 Å². The molecule has 0 aliphatic carbocycles. The van der Waals surface area contributed by atoms with Crippen molar-refractivity contribution in [2.45, 2.75) is 44.4 Å². The number of rotatable bonds is 10. The fourth-order valence-corrected chi connectivity index (χ4v) is 2.84. The lowest BCUT2D eigenvalue weighted by Gasteiger charge is -2.27. The molecule has 20 heavy (non-hydrogen) atoms. The van der Waals surface area contributed by atoms with Crippen molar-refractivity contribution in [3.05, 3.63) is 24.2 Å². The molecule has 114 valence electrons. The maximum absolute atomic E-state index is 11.9. The molecule has 0 spiro atoms. The van der Waals surface area contributed by atoms with Crippen LogP contribution in [-0.4, -0.2) is 30.9 Å². The van der Waals surface area contributed by atoms with Gasteiger partial charge < -0.3 is 14.5 Å². The van der Waals surface area contributed by atoms with Gasteiger partial charge in [0, 0.05) is 0 Å². The average Bonchev–Trinajstić information content (AvgIpc) is 2.97. The van der Waals surface area contributed by atoms with Crippen LogP contribution in [0.2, 0.25) is 0 Å². The van der Waals surface area contributed by atoms with E-state index in [-0.39, 0.29) is 5.97 Å². The molecule has 5 heteroatoms. The summed E-state index contributed by atoms with van der Waals surface area (Å²) in [6.07, 6.45) is 4.44. The molecule has 4 nitrogen and oxygen atoms in total. The van der Waals surface area contributed by atoms with Crippen molar-refractivity contribution in [2.24, 2.45) is 0 Å². The van der Waals surface area contributed by atoms with Gasteiger partial charge in [0.15, 0.2) is 0 Å². The lowest BCUT2D eigenvalue weighted by atomic mass is 9.96. The molecule has 0 aromatic carbocycles. The van der Waals surface area contributed by atoms with Crippen LogP contribution in [0.5, 0.6) is 0 Å². The first-order valence-corrected chi connectivity index (χ1v) is 8.21. The zero-order valence-electron chi connectivity index (χ0n) is 12.6. The first kappa shape index (κ1) is 17.1. The number of furan rings is 1. The molecule has 0 radical (unpaired) electrons. The van der Waals surface area contributed by atoms with Crippen LogP contribution >= 0.6 is 11.8 Å². The van der Waals surface area contributed by atoms with Crippen LogP contribution in [0.25, 0.3) is 0 Å². The second-order valence-corrected chi connectivity index (χ2v) is 6.09. The topological polar surface area (TPSA) is 51.5 Å². The molecule has 1 unspecified atom stereocenters. The molecule has 0 aliphatic rings. The van der Waals surface area contributed by atoms with Crippen LogP contribution < -0.4 is 5.32 Å². The minimum absolute atomic E-state index is 0.179. The molecule has 1 aromatic rings. The molecular formula is C15H25NO3S. The summed E-state index contributed by atoms with van der Waals surface area (Å²) in [6.45, 7) is 4.83.